The second-order valence-electron chi connectivity index (χ2n) is 11.5. The van der Waals surface area contributed by atoms with Gasteiger partial charge in [-0.15, -0.1) is 35.7 Å². The van der Waals surface area contributed by atoms with Crippen LogP contribution in [0.4, 0.5) is 4.39 Å². The molecule has 7 heteroatoms. The molecule has 5 nitrogen and oxygen atoms in total. The van der Waals surface area contributed by atoms with E-state index in [-0.39, 0.29) is 26.9 Å². The first-order chi connectivity index (χ1) is 21.4. The molecule has 0 amide bonds. The Kier molecular flexibility index (Phi) is 8.44. The SMILES string of the molecule is Cc1nn(-c2[c-]c(Oc3[c-]c4c(cc3)c3cc(CC(C)C)ccc3n4-c3cc(F)ccn3)ccc2)c(C)c1-c1ccccc1.[Pt+2]. The zero-order chi connectivity index (χ0) is 30.4. The van der Waals surface area contributed by atoms with E-state index in [9.17, 15) is 4.39 Å². The van der Waals surface area contributed by atoms with E-state index < -0.39 is 0 Å². The van der Waals surface area contributed by atoms with Crippen LogP contribution in [-0.2, 0) is 27.5 Å². The summed E-state index contributed by atoms with van der Waals surface area (Å²) >= 11 is 0. The molecule has 0 saturated heterocycles. The third kappa shape index (κ3) is 5.83. The Morgan fingerprint density at radius 2 is 1.64 bits per heavy atom. The summed E-state index contributed by atoms with van der Waals surface area (Å²) in [6, 6.07) is 36.1. The van der Waals surface area contributed by atoms with Gasteiger partial charge in [-0.05, 0) is 60.5 Å². The van der Waals surface area contributed by atoms with Crippen LogP contribution in [0.1, 0.15) is 30.8 Å². The largest absolute Gasteiger partial charge is 2.00 e. The van der Waals surface area contributed by atoms with Crippen LogP contribution in [0, 0.1) is 37.7 Å². The van der Waals surface area contributed by atoms with Gasteiger partial charge in [0.1, 0.15) is 11.6 Å². The minimum atomic E-state index is -0.347. The first-order valence-electron chi connectivity index (χ1n) is 14.8. The van der Waals surface area contributed by atoms with Crippen LogP contribution in [-0.4, -0.2) is 19.3 Å². The number of ether oxygens (including phenoxy) is 1. The van der Waals surface area contributed by atoms with Crippen LogP contribution >= 0.6 is 0 Å². The first kappa shape index (κ1) is 30.5. The molecule has 3 heterocycles. The maximum absolute atomic E-state index is 14.4. The first-order valence-corrected chi connectivity index (χ1v) is 14.8. The molecule has 0 unspecified atom stereocenters. The van der Waals surface area contributed by atoms with Crippen molar-refractivity contribution in [3.05, 3.63) is 132 Å². The average Bonchev–Trinajstić information content (AvgIpc) is 3.49. The molecule has 0 N–H and O–H groups in total. The molecule has 0 atom stereocenters. The Labute approximate surface area is 276 Å². The zero-order valence-electron chi connectivity index (χ0n) is 25.4. The molecule has 0 aliphatic carbocycles. The van der Waals surface area contributed by atoms with Gasteiger partial charge in [0, 0.05) is 40.5 Å². The van der Waals surface area contributed by atoms with E-state index in [2.05, 4.69) is 68.2 Å². The summed E-state index contributed by atoms with van der Waals surface area (Å²) < 4.78 is 24.5. The van der Waals surface area contributed by atoms with Gasteiger partial charge in [-0.2, -0.15) is 17.2 Å². The molecule has 0 aliphatic rings. The quantitative estimate of drug-likeness (QED) is 0.152. The Balaban J connectivity index is 0.00000357. The molecule has 0 saturated carbocycles. The van der Waals surface area contributed by atoms with Gasteiger partial charge in [0.2, 0.25) is 0 Å². The molecule has 45 heavy (non-hydrogen) atoms. The van der Waals surface area contributed by atoms with Gasteiger partial charge in [-0.25, -0.2) is 9.37 Å². The molecular weight excluding hydrogens is 743 g/mol. The molecule has 0 bridgehead atoms. The predicted molar refractivity (Wildman–Crippen MR) is 173 cm³/mol. The number of rotatable bonds is 7. The van der Waals surface area contributed by atoms with Crippen molar-refractivity contribution in [3.63, 3.8) is 0 Å². The summed E-state index contributed by atoms with van der Waals surface area (Å²) in [5.74, 6) is 1.73. The van der Waals surface area contributed by atoms with Gasteiger partial charge >= 0.3 is 21.1 Å². The number of aromatic nitrogens is 4. The third-order valence-electron chi connectivity index (χ3n) is 7.85. The summed E-state index contributed by atoms with van der Waals surface area (Å²) in [5, 5.41) is 6.90. The zero-order valence-corrected chi connectivity index (χ0v) is 27.7. The van der Waals surface area contributed by atoms with Crippen molar-refractivity contribution in [1.29, 1.82) is 0 Å². The summed E-state index contributed by atoms with van der Waals surface area (Å²) in [4.78, 5) is 4.50. The Bertz CT molecular complexity index is 2150. The van der Waals surface area contributed by atoms with E-state index in [1.54, 1.807) is 0 Å². The molecule has 7 aromatic rings. The smallest absolute Gasteiger partial charge is 0.509 e. The topological polar surface area (TPSA) is 44.9 Å². The van der Waals surface area contributed by atoms with E-state index >= 15 is 0 Å². The van der Waals surface area contributed by atoms with Crippen molar-refractivity contribution < 1.29 is 30.2 Å². The fourth-order valence-corrected chi connectivity index (χ4v) is 6.02. The van der Waals surface area contributed by atoms with Crippen molar-refractivity contribution >= 4 is 21.8 Å². The molecule has 7 rings (SSSR count). The second-order valence-corrected chi connectivity index (χ2v) is 11.5. The van der Waals surface area contributed by atoms with Crippen LogP contribution < -0.4 is 4.74 Å². The van der Waals surface area contributed by atoms with Crippen molar-refractivity contribution in [3.8, 4) is 34.1 Å². The normalized spacial score (nSPS) is 11.3. The van der Waals surface area contributed by atoms with Crippen LogP contribution in [0.5, 0.6) is 11.5 Å². The van der Waals surface area contributed by atoms with Crippen LogP contribution in [0.15, 0.2) is 97.2 Å². The van der Waals surface area contributed by atoms with Gasteiger partial charge in [0.25, 0.3) is 0 Å². The molecule has 0 aliphatic heterocycles. The molecule has 0 radical (unpaired) electrons. The standard InChI is InChI=1S/C38H31FN4O.Pt/c1-24(2)19-27-13-16-35-34(20-27)33-15-14-32(23-36(33)42(35)37-21-29(39)17-18-40-37)44-31-12-8-11-30(22-31)43-26(4)38(25(3)41-43)28-9-6-5-7-10-28;/h5-18,20-21,24H,19H2,1-4H3;/q-2;+2. The van der Waals surface area contributed by atoms with Crippen molar-refractivity contribution in [2.24, 2.45) is 5.92 Å². The Morgan fingerprint density at radius 1 is 0.844 bits per heavy atom. The third-order valence-corrected chi connectivity index (χ3v) is 7.85. The Hall–Kier alpha value is -4.54. The minimum absolute atomic E-state index is 0. The van der Waals surface area contributed by atoms with Crippen molar-refractivity contribution in [1.82, 2.24) is 19.3 Å². The number of fused-ring (bicyclic) bond motifs is 3. The van der Waals surface area contributed by atoms with Crippen LogP contribution in [0.2, 0.25) is 0 Å². The number of nitrogens with zero attached hydrogens (tertiary/aromatic N) is 4. The van der Waals surface area contributed by atoms with Crippen LogP contribution in [0.25, 0.3) is 44.4 Å². The van der Waals surface area contributed by atoms with Gasteiger partial charge in [-0.1, -0.05) is 61.8 Å². The van der Waals surface area contributed by atoms with E-state index in [0.29, 0.717) is 23.2 Å². The van der Waals surface area contributed by atoms with Gasteiger partial charge < -0.3 is 9.30 Å². The van der Waals surface area contributed by atoms with E-state index in [1.807, 2.05) is 64.7 Å². The summed E-state index contributed by atoms with van der Waals surface area (Å²) in [6.07, 6.45) is 2.46. The maximum atomic E-state index is 14.4. The number of hydrogen-bond donors (Lipinski definition) is 0. The van der Waals surface area contributed by atoms with Crippen LogP contribution in [0.3, 0.4) is 0 Å². The predicted octanol–water partition coefficient (Wildman–Crippen LogP) is 9.38. The van der Waals surface area contributed by atoms with Crippen molar-refractivity contribution in [2.45, 2.75) is 34.1 Å². The maximum Gasteiger partial charge on any atom is 2.00 e. The number of halogens is 1. The number of pyridine rings is 1. The van der Waals surface area contributed by atoms with Gasteiger partial charge in [0.15, 0.2) is 0 Å². The fraction of sp³-hybridized carbons (Fsp3) is 0.158. The minimum Gasteiger partial charge on any atom is -0.509 e. The molecular formula is C38H31FN4OPt. The molecule has 226 valence electrons. The number of hydrogen-bond acceptors (Lipinski definition) is 3. The fourth-order valence-electron chi connectivity index (χ4n) is 6.02. The van der Waals surface area contributed by atoms with E-state index in [1.165, 1.54) is 23.9 Å². The van der Waals surface area contributed by atoms with E-state index in [4.69, 9.17) is 9.84 Å². The van der Waals surface area contributed by atoms with E-state index in [0.717, 1.165) is 56.4 Å². The molecule has 0 fully saturated rings. The monoisotopic (exact) mass is 773 g/mol. The number of aryl methyl sites for hydroxylation is 1. The number of benzene rings is 4. The average molecular weight is 774 g/mol. The summed E-state index contributed by atoms with van der Waals surface area (Å²) in [6.45, 7) is 8.52. The second kappa shape index (κ2) is 12.5. The van der Waals surface area contributed by atoms with Gasteiger partial charge in [-0.3, -0.25) is 4.68 Å². The summed E-state index contributed by atoms with van der Waals surface area (Å²) in [7, 11) is 0. The Morgan fingerprint density at radius 3 is 2.42 bits per heavy atom. The van der Waals surface area contributed by atoms with Crippen molar-refractivity contribution in [2.75, 3.05) is 0 Å². The molecule has 3 aromatic heterocycles. The summed E-state index contributed by atoms with van der Waals surface area (Å²) in [5.41, 5.74) is 7.95. The molecule has 0 spiro atoms. The molecule has 4 aromatic carbocycles. The van der Waals surface area contributed by atoms with Gasteiger partial charge in [0.05, 0.1) is 5.69 Å².